The lowest BCUT2D eigenvalue weighted by atomic mass is 10.2. The Labute approximate surface area is 127 Å². The average molecular weight is 314 g/mol. The lowest BCUT2D eigenvalue weighted by molar-refractivity contribution is -0.132. The van der Waals surface area contributed by atoms with Gasteiger partial charge < -0.3 is 15.4 Å². The van der Waals surface area contributed by atoms with Crippen molar-refractivity contribution >= 4 is 30.7 Å². The summed E-state index contributed by atoms with van der Waals surface area (Å²) in [4.78, 5) is 16.3. The largest absolute Gasteiger partial charge is 0.379 e. The standard InChI is InChI=1S/C12H23N3O2.2ClH/c13-4-3-12(16)15-5-1-2-11(15)10-14-6-8-17-9-7-14;;/h11H,1-10,13H2;2*1H. The van der Waals surface area contributed by atoms with Gasteiger partial charge in [-0.2, -0.15) is 0 Å². The van der Waals surface area contributed by atoms with Gasteiger partial charge in [-0.15, -0.1) is 24.8 Å². The number of nitrogens with zero attached hydrogens (tertiary/aromatic N) is 2. The number of ether oxygens (including phenoxy) is 1. The molecular formula is C12H25Cl2N3O2. The second-order valence-electron chi connectivity index (χ2n) is 4.83. The van der Waals surface area contributed by atoms with Crippen LogP contribution < -0.4 is 5.73 Å². The van der Waals surface area contributed by atoms with Crippen molar-refractivity contribution in [3.05, 3.63) is 0 Å². The topological polar surface area (TPSA) is 58.8 Å². The first-order valence-electron chi connectivity index (χ1n) is 6.61. The van der Waals surface area contributed by atoms with Crippen LogP contribution in [0, 0.1) is 0 Å². The van der Waals surface area contributed by atoms with Crippen LogP contribution in [-0.2, 0) is 9.53 Å². The van der Waals surface area contributed by atoms with Crippen molar-refractivity contribution in [2.24, 2.45) is 5.73 Å². The molecule has 0 aromatic heterocycles. The summed E-state index contributed by atoms with van der Waals surface area (Å²) in [6.45, 7) is 6.00. The van der Waals surface area contributed by atoms with Gasteiger partial charge in [0.1, 0.15) is 0 Å². The molecule has 1 atom stereocenters. The summed E-state index contributed by atoms with van der Waals surface area (Å²) < 4.78 is 5.34. The fourth-order valence-corrected chi connectivity index (χ4v) is 2.70. The number of nitrogens with two attached hydrogens (primary N) is 1. The van der Waals surface area contributed by atoms with E-state index in [-0.39, 0.29) is 30.7 Å². The van der Waals surface area contributed by atoms with Crippen molar-refractivity contribution < 1.29 is 9.53 Å². The Morgan fingerprint density at radius 3 is 2.53 bits per heavy atom. The molecule has 0 spiro atoms. The zero-order chi connectivity index (χ0) is 12.1. The molecule has 2 aliphatic rings. The molecule has 7 heteroatoms. The molecule has 2 saturated heterocycles. The number of likely N-dealkylation sites (tertiary alicyclic amines) is 1. The molecule has 1 amide bonds. The van der Waals surface area contributed by atoms with Crippen LogP contribution in [0.5, 0.6) is 0 Å². The highest BCUT2D eigenvalue weighted by Crippen LogP contribution is 2.19. The van der Waals surface area contributed by atoms with E-state index in [9.17, 15) is 4.79 Å². The fraction of sp³-hybridized carbons (Fsp3) is 0.917. The van der Waals surface area contributed by atoms with Crippen LogP contribution in [-0.4, -0.2) is 67.7 Å². The maximum Gasteiger partial charge on any atom is 0.224 e. The van der Waals surface area contributed by atoms with E-state index in [2.05, 4.69) is 4.90 Å². The van der Waals surface area contributed by atoms with Gasteiger partial charge >= 0.3 is 0 Å². The Kier molecular flexibility index (Phi) is 9.74. The third-order valence-corrected chi connectivity index (χ3v) is 3.63. The first kappa shape index (κ1) is 18.9. The van der Waals surface area contributed by atoms with E-state index < -0.39 is 0 Å². The molecule has 0 aromatic carbocycles. The normalized spacial score (nSPS) is 23.6. The summed E-state index contributed by atoms with van der Waals surface area (Å²) in [5, 5.41) is 0. The third kappa shape index (κ3) is 5.44. The number of halogens is 2. The number of carbonyl (C=O) groups excluding carboxylic acids is 1. The smallest absolute Gasteiger partial charge is 0.224 e. The molecule has 0 bridgehead atoms. The third-order valence-electron chi connectivity index (χ3n) is 3.63. The second-order valence-corrected chi connectivity index (χ2v) is 4.83. The van der Waals surface area contributed by atoms with Crippen molar-refractivity contribution in [1.82, 2.24) is 9.80 Å². The number of amides is 1. The van der Waals surface area contributed by atoms with Gasteiger partial charge in [0.2, 0.25) is 5.91 Å². The van der Waals surface area contributed by atoms with Crippen molar-refractivity contribution in [3.8, 4) is 0 Å². The molecule has 0 radical (unpaired) electrons. The number of hydrogen-bond acceptors (Lipinski definition) is 4. The van der Waals surface area contributed by atoms with Gasteiger partial charge in [-0.25, -0.2) is 0 Å². The van der Waals surface area contributed by atoms with Crippen molar-refractivity contribution in [2.45, 2.75) is 25.3 Å². The van der Waals surface area contributed by atoms with Gasteiger partial charge in [0.05, 0.1) is 13.2 Å². The van der Waals surface area contributed by atoms with Crippen LogP contribution in [0.3, 0.4) is 0 Å². The number of carbonyl (C=O) groups is 1. The molecule has 2 fully saturated rings. The minimum atomic E-state index is 0. The zero-order valence-corrected chi connectivity index (χ0v) is 12.9. The lowest BCUT2D eigenvalue weighted by Crippen LogP contribution is -2.47. The van der Waals surface area contributed by atoms with E-state index in [1.807, 2.05) is 4.90 Å². The fourth-order valence-electron chi connectivity index (χ4n) is 2.70. The average Bonchev–Trinajstić information content (AvgIpc) is 2.79. The van der Waals surface area contributed by atoms with Gasteiger partial charge in [-0.1, -0.05) is 0 Å². The number of hydrogen-bond donors (Lipinski definition) is 1. The minimum absolute atomic E-state index is 0. The van der Waals surface area contributed by atoms with Crippen molar-refractivity contribution in [2.75, 3.05) is 45.9 Å². The molecule has 2 rings (SSSR count). The lowest BCUT2D eigenvalue weighted by Gasteiger charge is -2.33. The predicted octanol–water partition coefficient (Wildman–Crippen LogP) is 0.502. The summed E-state index contributed by atoms with van der Waals surface area (Å²) in [6.07, 6.45) is 2.75. The van der Waals surface area contributed by atoms with Crippen LogP contribution in [0.4, 0.5) is 0 Å². The summed E-state index contributed by atoms with van der Waals surface area (Å²) in [5.74, 6) is 0.225. The molecule has 19 heavy (non-hydrogen) atoms. The Morgan fingerprint density at radius 1 is 1.21 bits per heavy atom. The molecule has 1 unspecified atom stereocenters. The Hall–Kier alpha value is -0.0700. The van der Waals surface area contributed by atoms with Gasteiger partial charge in [0.15, 0.2) is 0 Å². The van der Waals surface area contributed by atoms with E-state index in [0.717, 1.165) is 52.2 Å². The van der Waals surface area contributed by atoms with E-state index >= 15 is 0 Å². The molecule has 2 heterocycles. The quantitative estimate of drug-likeness (QED) is 0.821. The molecule has 2 aliphatic heterocycles. The first-order valence-corrected chi connectivity index (χ1v) is 6.61. The van der Waals surface area contributed by atoms with Crippen LogP contribution in [0.1, 0.15) is 19.3 Å². The molecular weight excluding hydrogens is 289 g/mol. The van der Waals surface area contributed by atoms with Crippen molar-refractivity contribution in [3.63, 3.8) is 0 Å². The second kappa shape index (κ2) is 9.77. The highest BCUT2D eigenvalue weighted by molar-refractivity contribution is 5.85. The van der Waals surface area contributed by atoms with E-state index in [1.165, 1.54) is 0 Å². The van der Waals surface area contributed by atoms with Crippen molar-refractivity contribution in [1.29, 1.82) is 0 Å². The van der Waals surface area contributed by atoms with Crippen LogP contribution in [0.15, 0.2) is 0 Å². The Morgan fingerprint density at radius 2 is 1.89 bits per heavy atom. The summed E-state index contributed by atoms with van der Waals surface area (Å²) in [7, 11) is 0. The van der Waals surface area contributed by atoms with E-state index in [1.54, 1.807) is 0 Å². The van der Waals surface area contributed by atoms with Crippen LogP contribution >= 0.6 is 24.8 Å². The molecule has 0 aliphatic carbocycles. The zero-order valence-electron chi connectivity index (χ0n) is 11.3. The van der Waals surface area contributed by atoms with Gasteiger partial charge in [0.25, 0.3) is 0 Å². The monoisotopic (exact) mass is 313 g/mol. The molecule has 114 valence electrons. The minimum Gasteiger partial charge on any atom is -0.379 e. The first-order chi connectivity index (χ1) is 8.31. The van der Waals surface area contributed by atoms with E-state index in [0.29, 0.717) is 19.0 Å². The van der Waals surface area contributed by atoms with Gasteiger partial charge in [0, 0.05) is 45.2 Å². The highest BCUT2D eigenvalue weighted by atomic mass is 35.5. The number of morpholine rings is 1. The van der Waals surface area contributed by atoms with Gasteiger partial charge in [-0.05, 0) is 12.8 Å². The maximum absolute atomic E-state index is 11.9. The Bertz CT molecular complexity index is 263. The number of rotatable bonds is 4. The SMILES string of the molecule is Cl.Cl.NCCC(=O)N1CCCC1CN1CCOCC1. The molecule has 2 N–H and O–H groups in total. The molecule has 0 aromatic rings. The van der Waals surface area contributed by atoms with Crippen LogP contribution in [0.25, 0.3) is 0 Å². The van der Waals surface area contributed by atoms with Crippen LogP contribution in [0.2, 0.25) is 0 Å². The Balaban J connectivity index is 0.00000162. The van der Waals surface area contributed by atoms with E-state index in [4.69, 9.17) is 10.5 Å². The summed E-state index contributed by atoms with van der Waals surface area (Å²) >= 11 is 0. The predicted molar refractivity (Wildman–Crippen MR) is 80.2 cm³/mol. The summed E-state index contributed by atoms with van der Waals surface area (Å²) in [6, 6.07) is 0.396. The molecule has 5 nitrogen and oxygen atoms in total. The highest BCUT2D eigenvalue weighted by Gasteiger charge is 2.29. The molecule has 0 saturated carbocycles. The summed E-state index contributed by atoms with van der Waals surface area (Å²) in [5.41, 5.74) is 5.45. The van der Waals surface area contributed by atoms with Gasteiger partial charge in [-0.3, -0.25) is 9.69 Å². The maximum atomic E-state index is 11.9.